The van der Waals surface area contributed by atoms with Crippen LogP contribution in [0.3, 0.4) is 0 Å². The van der Waals surface area contributed by atoms with E-state index in [1.54, 1.807) is 21.6 Å². The number of carbonyl (C=O) groups is 3. The number of rotatable bonds is 3. The van der Waals surface area contributed by atoms with Gasteiger partial charge in [-0.05, 0) is 31.2 Å². The van der Waals surface area contributed by atoms with Gasteiger partial charge in [-0.15, -0.1) is 11.8 Å². The van der Waals surface area contributed by atoms with E-state index in [-0.39, 0.29) is 17.9 Å². The maximum absolute atomic E-state index is 13.5. The number of amides is 2. The molecular formula is C20H24N2O5S. The number of fused-ring (bicyclic) bond motifs is 1. The van der Waals surface area contributed by atoms with E-state index in [0.717, 1.165) is 18.4 Å². The molecule has 1 aromatic carbocycles. The number of methoxy groups -OCH3 is 1. The van der Waals surface area contributed by atoms with Crippen LogP contribution in [0.5, 0.6) is 0 Å². The molecule has 2 unspecified atom stereocenters. The number of ether oxygens (including phenoxy) is 2. The van der Waals surface area contributed by atoms with Crippen molar-refractivity contribution in [3.05, 3.63) is 35.9 Å². The molecule has 150 valence electrons. The minimum Gasteiger partial charge on any atom is -0.467 e. The lowest BCUT2D eigenvalue weighted by Crippen LogP contribution is -2.64. The minimum absolute atomic E-state index is 0.0231. The second-order valence-corrected chi connectivity index (χ2v) is 8.62. The Morgan fingerprint density at radius 1 is 1.25 bits per heavy atom. The standard InChI is InChI=1S/C20H24N2O5S/c1-26-17(23)15-13-28-16-8-10-20(18(24)22(15)16)9-5-11-21(20)19(25)27-12-14-6-3-2-4-7-14/h2-4,6-7,15-16H,5,8-13H2,1H3/t15-,16?,20?/m0/s1. The molecule has 3 aliphatic rings. The third-order valence-electron chi connectivity index (χ3n) is 5.92. The van der Waals surface area contributed by atoms with Gasteiger partial charge in [-0.25, -0.2) is 9.59 Å². The first-order valence-electron chi connectivity index (χ1n) is 9.57. The molecule has 8 heteroatoms. The molecule has 0 aromatic heterocycles. The Bertz CT molecular complexity index is 773. The lowest BCUT2D eigenvalue weighted by Gasteiger charge is -2.46. The highest BCUT2D eigenvalue weighted by Crippen LogP contribution is 2.46. The zero-order valence-electron chi connectivity index (χ0n) is 15.8. The van der Waals surface area contributed by atoms with Crippen LogP contribution >= 0.6 is 11.8 Å². The normalized spacial score (nSPS) is 29.1. The third-order valence-corrected chi connectivity index (χ3v) is 7.27. The van der Waals surface area contributed by atoms with Crippen molar-refractivity contribution in [2.75, 3.05) is 19.4 Å². The number of benzene rings is 1. The predicted molar refractivity (Wildman–Crippen MR) is 103 cm³/mol. The molecule has 3 heterocycles. The SMILES string of the molecule is COC(=O)[C@@H]1CSC2CCC3(CCCN3C(=O)OCc3ccccc3)C(=O)N21. The molecule has 0 N–H and O–H groups in total. The van der Waals surface area contributed by atoms with Gasteiger partial charge in [-0.3, -0.25) is 9.69 Å². The van der Waals surface area contributed by atoms with E-state index in [2.05, 4.69) is 0 Å². The Kier molecular flexibility index (Phi) is 5.23. The number of thioether (sulfide) groups is 1. The summed E-state index contributed by atoms with van der Waals surface area (Å²) in [5.41, 5.74) is 0.00220. The van der Waals surface area contributed by atoms with Crippen LogP contribution in [0, 0.1) is 0 Å². The summed E-state index contributed by atoms with van der Waals surface area (Å²) < 4.78 is 10.4. The van der Waals surface area contributed by atoms with Crippen LogP contribution in [0.25, 0.3) is 0 Å². The quantitative estimate of drug-likeness (QED) is 0.720. The fraction of sp³-hybridized carbons (Fsp3) is 0.550. The molecule has 1 aromatic rings. The number of nitrogens with zero attached hydrogens (tertiary/aromatic N) is 2. The Morgan fingerprint density at radius 2 is 2.04 bits per heavy atom. The number of hydrogen-bond acceptors (Lipinski definition) is 6. The molecule has 4 rings (SSSR count). The van der Waals surface area contributed by atoms with Gasteiger partial charge < -0.3 is 14.4 Å². The van der Waals surface area contributed by atoms with Crippen molar-refractivity contribution in [1.82, 2.24) is 9.80 Å². The predicted octanol–water partition coefficient (Wildman–Crippen LogP) is 2.39. The van der Waals surface area contributed by atoms with E-state index in [0.29, 0.717) is 25.1 Å². The summed E-state index contributed by atoms with van der Waals surface area (Å²) in [5.74, 6) is 0.00681. The second-order valence-electron chi connectivity index (χ2n) is 7.40. The molecule has 7 nitrogen and oxygen atoms in total. The molecule has 0 radical (unpaired) electrons. The van der Waals surface area contributed by atoms with Gasteiger partial charge in [0.2, 0.25) is 5.91 Å². The largest absolute Gasteiger partial charge is 0.467 e. The minimum atomic E-state index is -0.901. The molecule has 3 aliphatic heterocycles. The molecule has 28 heavy (non-hydrogen) atoms. The number of hydrogen-bond donors (Lipinski definition) is 0. The molecule has 3 saturated heterocycles. The Labute approximate surface area is 168 Å². The summed E-state index contributed by atoms with van der Waals surface area (Å²) in [5, 5.41) is -0.0231. The molecule has 0 aliphatic carbocycles. The molecule has 1 spiro atoms. The number of esters is 1. The monoisotopic (exact) mass is 404 g/mol. The van der Waals surface area contributed by atoms with E-state index < -0.39 is 23.6 Å². The maximum atomic E-state index is 13.5. The van der Waals surface area contributed by atoms with Crippen LogP contribution < -0.4 is 0 Å². The smallest absolute Gasteiger partial charge is 0.411 e. The van der Waals surface area contributed by atoms with Crippen molar-refractivity contribution in [2.45, 2.75) is 49.2 Å². The van der Waals surface area contributed by atoms with Crippen LogP contribution in [-0.2, 0) is 25.7 Å². The van der Waals surface area contributed by atoms with Crippen LogP contribution in [0.4, 0.5) is 4.79 Å². The highest BCUT2D eigenvalue weighted by Gasteiger charge is 2.59. The van der Waals surface area contributed by atoms with E-state index in [1.807, 2.05) is 30.3 Å². The molecule has 0 bridgehead atoms. The Hall–Kier alpha value is -2.22. The van der Waals surface area contributed by atoms with Crippen LogP contribution in [0.1, 0.15) is 31.2 Å². The van der Waals surface area contributed by atoms with Gasteiger partial charge in [0, 0.05) is 12.3 Å². The van der Waals surface area contributed by atoms with Crippen molar-refractivity contribution in [3.8, 4) is 0 Å². The summed E-state index contributed by atoms with van der Waals surface area (Å²) in [6.07, 6.45) is 2.25. The maximum Gasteiger partial charge on any atom is 0.411 e. The van der Waals surface area contributed by atoms with E-state index >= 15 is 0 Å². The van der Waals surface area contributed by atoms with E-state index in [4.69, 9.17) is 9.47 Å². The van der Waals surface area contributed by atoms with Crippen molar-refractivity contribution in [3.63, 3.8) is 0 Å². The van der Waals surface area contributed by atoms with Gasteiger partial charge in [0.15, 0.2) is 0 Å². The zero-order chi connectivity index (χ0) is 19.7. The van der Waals surface area contributed by atoms with Crippen molar-refractivity contribution < 1.29 is 23.9 Å². The van der Waals surface area contributed by atoms with Crippen LogP contribution in [0.15, 0.2) is 30.3 Å². The first-order chi connectivity index (χ1) is 13.6. The first kappa shape index (κ1) is 19.1. The summed E-state index contributed by atoms with van der Waals surface area (Å²) in [6.45, 7) is 0.668. The third kappa shape index (κ3) is 3.13. The average Bonchev–Trinajstić information content (AvgIpc) is 3.35. The second kappa shape index (κ2) is 7.66. The van der Waals surface area contributed by atoms with E-state index in [1.165, 1.54) is 7.11 Å². The molecule has 3 atom stereocenters. The van der Waals surface area contributed by atoms with Crippen LogP contribution in [-0.4, -0.2) is 64.1 Å². The lowest BCUT2D eigenvalue weighted by molar-refractivity contribution is -0.159. The number of carbonyl (C=O) groups excluding carboxylic acids is 3. The summed E-state index contributed by atoms with van der Waals surface area (Å²) in [7, 11) is 1.34. The topological polar surface area (TPSA) is 76.1 Å². The fourth-order valence-corrected chi connectivity index (χ4v) is 5.90. The Balaban J connectivity index is 1.51. The average molecular weight is 404 g/mol. The van der Waals surface area contributed by atoms with Gasteiger partial charge in [-0.1, -0.05) is 30.3 Å². The molecule has 3 fully saturated rings. The zero-order valence-corrected chi connectivity index (χ0v) is 16.7. The van der Waals surface area contributed by atoms with Gasteiger partial charge in [0.25, 0.3) is 0 Å². The number of likely N-dealkylation sites (tertiary alicyclic amines) is 1. The highest BCUT2D eigenvalue weighted by atomic mass is 32.2. The van der Waals surface area contributed by atoms with E-state index in [9.17, 15) is 14.4 Å². The lowest BCUT2D eigenvalue weighted by atomic mass is 9.84. The van der Waals surface area contributed by atoms with Gasteiger partial charge >= 0.3 is 12.1 Å². The van der Waals surface area contributed by atoms with Crippen molar-refractivity contribution in [1.29, 1.82) is 0 Å². The molecule has 0 saturated carbocycles. The summed E-state index contributed by atoms with van der Waals surface area (Å²) >= 11 is 1.61. The van der Waals surface area contributed by atoms with Gasteiger partial charge in [0.05, 0.1) is 12.5 Å². The molecule has 2 amide bonds. The Morgan fingerprint density at radius 3 is 2.79 bits per heavy atom. The van der Waals surface area contributed by atoms with Gasteiger partial charge in [-0.2, -0.15) is 0 Å². The fourth-order valence-electron chi connectivity index (χ4n) is 4.51. The van der Waals surface area contributed by atoms with Gasteiger partial charge in [0.1, 0.15) is 18.2 Å². The van der Waals surface area contributed by atoms with Crippen molar-refractivity contribution in [2.24, 2.45) is 0 Å². The van der Waals surface area contributed by atoms with Crippen molar-refractivity contribution >= 4 is 29.7 Å². The molecular weight excluding hydrogens is 380 g/mol. The summed E-state index contributed by atoms with van der Waals surface area (Å²) in [6, 6.07) is 8.90. The first-order valence-corrected chi connectivity index (χ1v) is 10.6. The summed E-state index contributed by atoms with van der Waals surface area (Å²) in [4.78, 5) is 41.7. The number of piperidine rings is 1. The highest BCUT2D eigenvalue weighted by molar-refractivity contribution is 8.00. The van der Waals surface area contributed by atoms with Crippen LogP contribution in [0.2, 0.25) is 0 Å².